The highest BCUT2D eigenvalue weighted by atomic mass is 16.5. The van der Waals surface area contributed by atoms with Crippen LogP contribution < -0.4 is 0 Å². The summed E-state index contributed by atoms with van der Waals surface area (Å²) in [6.45, 7) is 4.27. The molecule has 0 aromatic heterocycles. The topological polar surface area (TPSA) is 49.8 Å². The predicted molar refractivity (Wildman–Crippen MR) is 84.9 cm³/mol. The van der Waals surface area contributed by atoms with Crippen LogP contribution in [0.2, 0.25) is 0 Å². The highest BCUT2D eigenvalue weighted by molar-refractivity contribution is 5.89. The summed E-state index contributed by atoms with van der Waals surface area (Å²) in [5.41, 5.74) is 3.58. The lowest BCUT2D eigenvalue weighted by Gasteiger charge is -2.27. The molecule has 0 amide bonds. The molecule has 1 aliphatic heterocycles. The van der Waals surface area contributed by atoms with Gasteiger partial charge in [0, 0.05) is 19.6 Å². The van der Waals surface area contributed by atoms with Crippen LogP contribution in [0.25, 0.3) is 11.1 Å². The van der Waals surface area contributed by atoms with Crippen molar-refractivity contribution in [1.82, 2.24) is 4.90 Å². The molecule has 0 aliphatic carbocycles. The molecule has 4 nitrogen and oxygen atoms in total. The van der Waals surface area contributed by atoms with Crippen LogP contribution in [0.1, 0.15) is 15.9 Å². The molecule has 1 N–H and O–H groups in total. The number of rotatable bonds is 4. The number of hydrogen-bond donors (Lipinski definition) is 1. The Labute approximate surface area is 130 Å². The standard InChI is InChI=1S/C18H19NO3/c20-18(21)15-6-3-5-14(12-15)17-7-2-1-4-16(17)13-19-8-10-22-11-9-19/h1-7,12H,8-11,13H2,(H,20,21). The second-order valence-corrected chi connectivity index (χ2v) is 5.43. The molecule has 0 unspecified atom stereocenters. The van der Waals surface area contributed by atoms with Gasteiger partial charge in [0.1, 0.15) is 0 Å². The minimum Gasteiger partial charge on any atom is -0.478 e. The van der Waals surface area contributed by atoms with Gasteiger partial charge in [0.05, 0.1) is 18.8 Å². The molecule has 1 heterocycles. The number of hydrogen-bond acceptors (Lipinski definition) is 3. The van der Waals surface area contributed by atoms with E-state index in [0.29, 0.717) is 5.56 Å². The van der Waals surface area contributed by atoms with Crippen molar-refractivity contribution >= 4 is 5.97 Å². The largest absolute Gasteiger partial charge is 0.478 e. The van der Waals surface area contributed by atoms with Gasteiger partial charge < -0.3 is 9.84 Å². The number of ether oxygens (including phenoxy) is 1. The Balaban J connectivity index is 1.90. The lowest BCUT2D eigenvalue weighted by Crippen LogP contribution is -2.35. The van der Waals surface area contributed by atoms with Gasteiger partial charge in [-0.3, -0.25) is 4.90 Å². The molecule has 3 rings (SSSR count). The van der Waals surface area contributed by atoms with Crippen molar-refractivity contribution in [2.45, 2.75) is 6.54 Å². The summed E-state index contributed by atoms with van der Waals surface area (Å²) >= 11 is 0. The average molecular weight is 297 g/mol. The smallest absolute Gasteiger partial charge is 0.335 e. The van der Waals surface area contributed by atoms with Gasteiger partial charge in [0.25, 0.3) is 0 Å². The van der Waals surface area contributed by atoms with Gasteiger partial charge in [-0.15, -0.1) is 0 Å². The molecule has 2 aromatic rings. The molecule has 1 saturated heterocycles. The average Bonchev–Trinajstić information content (AvgIpc) is 2.56. The van der Waals surface area contributed by atoms with E-state index in [9.17, 15) is 4.79 Å². The third-order valence-electron chi connectivity index (χ3n) is 3.94. The first-order valence-electron chi connectivity index (χ1n) is 7.46. The van der Waals surface area contributed by atoms with Crippen LogP contribution >= 0.6 is 0 Å². The summed E-state index contributed by atoms with van der Waals surface area (Å²) in [5, 5.41) is 9.16. The lowest BCUT2D eigenvalue weighted by atomic mass is 9.97. The van der Waals surface area contributed by atoms with Crippen molar-refractivity contribution in [3.05, 3.63) is 59.7 Å². The first-order valence-corrected chi connectivity index (χ1v) is 7.46. The van der Waals surface area contributed by atoms with Crippen LogP contribution in [-0.2, 0) is 11.3 Å². The zero-order valence-electron chi connectivity index (χ0n) is 12.4. The number of aromatic carboxylic acids is 1. The Morgan fingerprint density at radius 1 is 1.09 bits per heavy atom. The van der Waals surface area contributed by atoms with Crippen LogP contribution in [0, 0.1) is 0 Å². The van der Waals surface area contributed by atoms with E-state index in [1.807, 2.05) is 18.2 Å². The maximum absolute atomic E-state index is 11.2. The second kappa shape index (κ2) is 6.73. The molecule has 1 aliphatic rings. The molecule has 0 spiro atoms. The zero-order chi connectivity index (χ0) is 15.4. The van der Waals surface area contributed by atoms with Crippen LogP contribution in [0.15, 0.2) is 48.5 Å². The number of carbonyl (C=O) groups is 1. The van der Waals surface area contributed by atoms with Crippen LogP contribution in [-0.4, -0.2) is 42.3 Å². The SMILES string of the molecule is O=C(O)c1cccc(-c2ccccc2CN2CCOCC2)c1. The van der Waals surface area contributed by atoms with Crippen molar-refractivity contribution in [3.63, 3.8) is 0 Å². The van der Waals surface area contributed by atoms with Crippen molar-refractivity contribution in [3.8, 4) is 11.1 Å². The summed E-state index contributed by atoms with van der Waals surface area (Å²) in [4.78, 5) is 13.5. The van der Waals surface area contributed by atoms with Crippen LogP contribution in [0.4, 0.5) is 0 Å². The third-order valence-corrected chi connectivity index (χ3v) is 3.94. The molecule has 4 heteroatoms. The molecule has 0 bridgehead atoms. The number of morpholine rings is 1. The van der Waals surface area contributed by atoms with Gasteiger partial charge in [-0.25, -0.2) is 4.79 Å². The Hall–Kier alpha value is -2.17. The minimum absolute atomic E-state index is 0.318. The van der Waals surface area contributed by atoms with Crippen molar-refractivity contribution in [1.29, 1.82) is 0 Å². The van der Waals surface area contributed by atoms with Crippen LogP contribution in [0.3, 0.4) is 0 Å². The fraction of sp³-hybridized carbons (Fsp3) is 0.278. The number of carboxylic acids is 1. The quantitative estimate of drug-likeness (QED) is 0.942. The molecule has 2 aromatic carbocycles. The first kappa shape index (κ1) is 14.8. The number of nitrogens with zero attached hydrogens (tertiary/aromatic N) is 1. The summed E-state index contributed by atoms with van der Waals surface area (Å²) < 4.78 is 5.39. The lowest BCUT2D eigenvalue weighted by molar-refractivity contribution is 0.0342. The molecule has 114 valence electrons. The first-order chi connectivity index (χ1) is 10.7. The normalized spacial score (nSPS) is 15.6. The Morgan fingerprint density at radius 3 is 2.64 bits per heavy atom. The highest BCUT2D eigenvalue weighted by Gasteiger charge is 2.14. The monoisotopic (exact) mass is 297 g/mol. The van der Waals surface area contributed by atoms with Gasteiger partial charge in [-0.05, 0) is 28.8 Å². The summed E-state index contributed by atoms with van der Waals surface area (Å²) in [5.74, 6) is -0.896. The second-order valence-electron chi connectivity index (χ2n) is 5.43. The fourth-order valence-electron chi connectivity index (χ4n) is 2.76. The third kappa shape index (κ3) is 3.35. The van der Waals surface area contributed by atoms with Crippen molar-refractivity contribution < 1.29 is 14.6 Å². The highest BCUT2D eigenvalue weighted by Crippen LogP contribution is 2.26. The number of carboxylic acid groups (broad SMARTS) is 1. The van der Waals surface area contributed by atoms with Gasteiger partial charge in [0.2, 0.25) is 0 Å². The van der Waals surface area contributed by atoms with E-state index in [4.69, 9.17) is 9.84 Å². The molecule has 1 fully saturated rings. The van der Waals surface area contributed by atoms with E-state index in [1.165, 1.54) is 5.56 Å². The summed E-state index contributed by atoms with van der Waals surface area (Å²) in [6.07, 6.45) is 0. The van der Waals surface area contributed by atoms with E-state index in [2.05, 4.69) is 17.0 Å². The predicted octanol–water partition coefficient (Wildman–Crippen LogP) is 2.88. The molecule has 22 heavy (non-hydrogen) atoms. The van der Waals surface area contributed by atoms with Crippen molar-refractivity contribution in [2.75, 3.05) is 26.3 Å². The summed E-state index contributed by atoms with van der Waals surface area (Å²) in [6, 6.07) is 15.3. The Morgan fingerprint density at radius 2 is 1.86 bits per heavy atom. The summed E-state index contributed by atoms with van der Waals surface area (Å²) in [7, 11) is 0. The zero-order valence-corrected chi connectivity index (χ0v) is 12.4. The molecular formula is C18H19NO3. The van der Waals surface area contributed by atoms with Crippen molar-refractivity contribution in [2.24, 2.45) is 0 Å². The number of benzene rings is 2. The van der Waals surface area contributed by atoms with Gasteiger partial charge in [-0.2, -0.15) is 0 Å². The van der Waals surface area contributed by atoms with E-state index in [-0.39, 0.29) is 0 Å². The molecule has 0 saturated carbocycles. The minimum atomic E-state index is -0.896. The fourth-order valence-corrected chi connectivity index (χ4v) is 2.76. The van der Waals surface area contributed by atoms with E-state index in [1.54, 1.807) is 18.2 Å². The molecular weight excluding hydrogens is 278 g/mol. The van der Waals surface area contributed by atoms with E-state index < -0.39 is 5.97 Å². The van der Waals surface area contributed by atoms with Gasteiger partial charge in [-0.1, -0.05) is 36.4 Å². The Kier molecular flexibility index (Phi) is 4.51. The maximum Gasteiger partial charge on any atom is 0.335 e. The van der Waals surface area contributed by atoms with Crippen LogP contribution in [0.5, 0.6) is 0 Å². The van der Waals surface area contributed by atoms with E-state index in [0.717, 1.165) is 44.0 Å². The Bertz CT molecular complexity index is 663. The maximum atomic E-state index is 11.2. The van der Waals surface area contributed by atoms with Gasteiger partial charge in [0.15, 0.2) is 0 Å². The molecule has 0 radical (unpaired) electrons. The van der Waals surface area contributed by atoms with E-state index >= 15 is 0 Å². The molecule has 0 atom stereocenters. The van der Waals surface area contributed by atoms with Gasteiger partial charge >= 0.3 is 5.97 Å².